The number of rotatable bonds is 3. The summed E-state index contributed by atoms with van der Waals surface area (Å²) in [5.74, 6) is 2.64. The molecule has 0 amide bonds. The number of aliphatic imine (C=N–C) groups is 1. The Bertz CT molecular complexity index is 561. The lowest BCUT2D eigenvalue weighted by Crippen LogP contribution is -2.42. The van der Waals surface area contributed by atoms with E-state index in [2.05, 4.69) is 4.99 Å². The van der Waals surface area contributed by atoms with Gasteiger partial charge in [-0.2, -0.15) is 11.8 Å². The van der Waals surface area contributed by atoms with Crippen molar-refractivity contribution >= 4 is 39.1 Å². The Morgan fingerprint density at radius 2 is 2.05 bits per heavy atom. The molecule has 0 atom stereocenters. The van der Waals surface area contributed by atoms with Gasteiger partial charge in [0.2, 0.25) is 10.0 Å². The molecule has 1 aromatic heterocycles. The van der Waals surface area contributed by atoms with Gasteiger partial charge in [-0.1, -0.05) is 0 Å². The van der Waals surface area contributed by atoms with Crippen molar-refractivity contribution in [2.45, 2.75) is 10.8 Å². The lowest BCUT2D eigenvalue weighted by Gasteiger charge is -2.27. The number of primary sulfonamides is 1. The maximum absolute atomic E-state index is 11.1. The summed E-state index contributed by atoms with van der Waals surface area (Å²) < 4.78 is 22.5. The minimum atomic E-state index is -3.62. The zero-order valence-corrected chi connectivity index (χ0v) is 12.7. The molecule has 0 bridgehead atoms. The van der Waals surface area contributed by atoms with E-state index in [9.17, 15) is 8.42 Å². The standard InChI is InChI=1S/C10H16N4O2S3/c11-10(14-3-5-17-6-4-14)13-7-8-1-2-9(18-8)19(12,15)16/h1-2H,3-7H2,(H2,11,13)(H2,12,15,16). The molecule has 0 unspecified atom stereocenters. The third-order valence-corrected chi connectivity index (χ3v) is 6.10. The van der Waals surface area contributed by atoms with E-state index >= 15 is 0 Å². The van der Waals surface area contributed by atoms with Gasteiger partial charge in [-0.05, 0) is 12.1 Å². The minimum Gasteiger partial charge on any atom is -0.370 e. The smallest absolute Gasteiger partial charge is 0.247 e. The molecule has 1 aromatic rings. The van der Waals surface area contributed by atoms with Crippen LogP contribution in [-0.4, -0.2) is 43.9 Å². The van der Waals surface area contributed by atoms with Crippen LogP contribution in [0.15, 0.2) is 21.3 Å². The predicted octanol–water partition coefficient (Wildman–Crippen LogP) is 0.259. The van der Waals surface area contributed by atoms with Gasteiger partial charge in [0.15, 0.2) is 5.96 Å². The number of hydrogen-bond donors (Lipinski definition) is 2. The quantitative estimate of drug-likeness (QED) is 0.614. The molecule has 106 valence electrons. The molecule has 0 saturated carbocycles. The van der Waals surface area contributed by atoms with Crippen LogP contribution < -0.4 is 10.9 Å². The van der Waals surface area contributed by atoms with Gasteiger partial charge < -0.3 is 10.6 Å². The zero-order chi connectivity index (χ0) is 13.9. The van der Waals surface area contributed by atoms with Gasteiger partial charge in [-0.3, -0.25) is 0 Å². The van der Waals surface area contributed by atoms with E-state index in [1.165, 1.54) is 6.07 Å². The zero-order valence-electron chi connectivity index (χ0n) is 10.3. The lowest BCUT2D eigenvalue weighted by atomic mass is 10.5. The first-order valence-electron chi connectivity index (χ1n) is 5.71. The van der Waals surface area contributed by atoms with E-state index in [0.29, 0.717) is 12.5 Å². The Balaban J connectivity index is 1.99. The number of thioether (sulfide) groups is 1. The molecule has 1 aliphatic heterocycles. The third kappa shape index (κ3) is 4.10. The first kappa shape index (κ1) is 14.6. The average Bonchev–Trinajstić information content (AvgIpc) is 2.86. The maximum atomic E-state index is 11.1. The minimum absolute atomic E-state index is 0.158. The molecule has 19 heavy (non-hydrogen) atoms. The summed E-state index contributed by atoms with van der Waals surface area (Å²) in [6, 6.07) is 3.21. The van der Waals surface area contributed by atoms with Gasteiger partial charge in [0.1, 0.15) is 4.21 Å². The van der Waals surface area contributed by atoms with Crippen LogP contribution in [0.25, 0.3) is 0 Å². The van der Waals surface area contributed by atoms with Crippen molar-refractivity contribution in [3.05, 3.63) is 17.0 Å². The number of thiophene rings is 1. The van der Waals surface area contributed by atoms with E-state index in [1.807, 2.05) is 16.7 Å². The van der Waals surface area contributed by atoms with Crippen LogP contribution in [0.4, 0.5) is 0 Å². The fourth-order valence-corrected chi connectivity index (χ4v) is 4.25. The average molecular weight is 320 g/mol. The molecule has 4 N–H and O–H groups in total. The normalized spacial score (nSPS) is 17.7. The van der Waals surface area contributed by atoms with Crippen molar-refractivity contribution in [3.8, 4) is 0 Å². The summed E-state index contributed by atoms with van der Waals surface area (Å²) in [5, 5.41) is 5.05. The van der Waals surface area contributed by atoms with Gasteiger partial charge >= 0.3 is 0 Å². The SMILES string of the molecule is NC(=NCc1ccc(S(N)(=O)=O)s1)N1CCSCC1. The largest absolute Gasteiger partial charge is 0.370 e. The fourth-order valence-electron chi connectivity index (χ4n) is 1.65. The van der Waals surface area contributed by atoms with Crippen molar-refractivity contribution < 1.29 is 8.42 Å². The van der Waals surface area contributed by atoms with Crippen LogP contribution in [0.5, 0.6) is 0 Å². The molecule has 1 fully saturated rings. The molecular formula is C10H16N4O2S3. The lowest BCUT2D eigenvalue weighted by molar-refractivity contribution is 0.456. The Kier molecular flexibility index (Phi) is 4.71. The second-order valence-corrected chi connectivity index (χ2v) is 8.22. The van der Waals surface area contributed by atoms with Gasteiger partial charge in [-0.15, -0.1) is 11.3 Å². The number of nitrogens with zero attached hydrogens (tertiary/aromatic N) is 2. The number of sulfonamides is 1. The van der Waals surface area contributed by atoms with Crippen LogP contribution in [0, 0.1) is 0 Å². The van der Waals surface area contributed by atoms with Gasteiger partial charge in [0.05, 0.1) is 6.54 Å². The molecule has 1 aliphatic rings. The van der Waals surface area contributed by atoms with Crippen LogP contribution in [-0.2, 0) is 16.6 Å². The molecule has 0 aromatic carbocycles. The van der Waals surface area contributed by atoms with E-state index in [4.69, 9.17) is 10.9 Å². The topological polar surface area (TPSA) is 102 Å². The highest BCUT2D eigenvalue weighted by atomic mass is 32.2. The monoisotopic (exact) mass is 320 g/mol. The van der Waals surface area contributed by atoms with Crippen molar-refractivity contribution in [2.24, 2.45) is 15.9 Å². The number of hydrogen-bond acceptors (Lipinski definition) is 5. The Morgan fingerprint density at radius 3 is 2.63 bits per heavy atom. The van der Waals surface area contributed by atoms with E-state index in [1.54, 1.807) is 6.07 Å². The van der Waals surface area contributed by atoms with Crippen molar-refractivity contribution in [3.63, 3.8) is 0 Å². The van der Waals surface area contributed by atoms with E-state index in [-0.39, 0.29) is 4.21 Å². The second-order valence-electron chi connectivity index (χ2n) is 4.04. The van der Waals surface area contributed by atoms with Crippen molar-refractivity contribution in [1.29, 1.82) is 0 Å². The molecule has 9 heteroatoms. The predicted molar refractivity (Wildman–Crippen MR) is 79.9 cm³/mol. The van der Waals surface area contributed by atoms with Gasteiger partial charge in [0.25, 0.3) is 0 Å². The first-order valence-corrected chi connectivity index (χ1v) is 9.23. The summed E-state index contributed by atoms with van der Waals surface area (Å²) in [6.45, 7) is 2.20. The number of guanidine groups is 1. The van der Waals surface area contributed by atoms with Crippen LogP contribution in [0.1, 0.15) is 4.88 Å². The molecule has 0 radical (unpaired) electrons. The van der Waals surface area contributed by atoms with Crippen LogP contribution in [0.3, 0.4) is 0 Å². The summed E-state index contributed by atoms with van der Waals surface area (Å²) in [6.07, 6.45) is 0. The van der Waals surface area contributed by atoms with Crippen molar-refractivity contribution in [1.82, 2.24) is 4.90 Å². The molecule has 2 heterocycles. The number of nitrogens with two attached hydrogens (primary N) is 2. The molecule has 0 aliphatic carbocycles. The van der Waals surface area contributed by atoms with Gasteiger partial charge in [-0.25, -0.2) is 18.5 Å². The summed E-state index contributed by atoms with van der Waals surface area (Å²) in [7, 11) is -3.62. The second kappa shape index (κ2) is 6.12. The summed E-state index contributed by atoms with van der Waals surface area (Å²) in [4.78, 5) is 7.18. The fraction of sp³-hybridized carbons (Fsp3) is 0.500. The molecule has 0 spiro atoms. The summed E-state index contributed by atoms with van der Waals surface area (Å²) >= 11 is 3.04. The maximum Gasteiger partial charge on any atom is 0.247 e. The highest BCUT2D eigenvalue weighted by Crippen LogP contribution is 2.21. The highest BCUT2D eigenvalue weighted by molar-refractivity contribution is 7.99. The Labute approximate surface area is 120 Å². The molecular weight excluding hydrogens is 304 g/mol. The van der Waals surface area contributed by atoms with E-state index < -0.39 is 10.0 Å². The van der Waals surface area contributed by atoms with Crippen molar-refractivity contribution in [2.75, 3.05) is 24.6 Å². The molecule has 6 nitrogen and oxygen atoms in total. The highest BCUT2D eigenvalue weighted by Gasteiger charge is 2.13. The molecule has 2 rings (SSSR count). The third-order valence-electron chi connectivity index (χ3n) is 2.65. The summed E-state index contributed by atoms with van der Waals surface area (Å²) in [5.41, 5.74) is 5.92. The first-order chi connectivity index (χ1) is 8.97. The molecule has 1 saturated heterocycles. The Morgan fingerprint density at radius 1 is 1.37 bits per heavy atom. The Hall–Kier alpha value is -0.770. The van der Waals surface area contributed by atoms with E-state index in [0.717, 1.165) is 40.8 Å². The van der Waals surface area contributed by atoms with Gasteiger partial charge in [0, 0.05) is 29.5 Å². The van der Waals surface area contributed by atoms with Crippen LogP contribution >= 0.6 is 23.1 Å². The van der Waals surface area contributed by atoms with Crippen LogP contribution in [0.2, 0.25) is 0 Å².